The van der Waals surface area contributed by atoms with Crippen LogP contribution in [0.25, 0.3) is 0 Å². The van der Waals surface area contributed by atoms with Crippen LogP contribution in [0.15, 0.2) is 34.3 Å². The minimum atomic E-state index is -3.49. The first-order valence-corrected chi connectivity index (χ1v) is 24.5. The van der Waals surface area contributed by atoms with Gasteiger partial charge in [-0.15, -0.1) is 0 Å². The van der Waals surface area contributed by atoms with Crippen molar-refractivity contribution in [2.24, 2.45) is 0 Å². The van der Waals surface area contributed by atoms with Gasteiger partial charge in [0.25, 0.3) is 0 Å². The molecule has 0 bridgehead atoms. The molecule has 136 valence electrons. The van der Waals surface area contributed by atoms with Gasteiger partial charge in [-0.3, -0.25) is 0 Å². The van der Waals surface area contributed by atoms with E-state index in [4.69, 9.17) is 27.8 Å². The van der Waals surface area contributed by atoms with E-state index in [1.165, 1.54) is 11.1 Å². The molecule has 0 saturated heterocycles. The Labute approximate surface area is 168 Å². The Kier molecular flexibility index (Phi) is 8.73. The van der Waals surface area contributed by atoms with E-state index in [1.54, 1.807) is 17.9 Å². The summed E-state index contributed by atoms with van der Waals surface area (Å²) in [6.45, 7) is 8.55. The fourth-order valence-electron chi connectivity index (χ4n) is 2.38. The number of aryl methyl sites for hydroxylation is 4. The van der Waals surface area contributed by atoms with Gasteiger partial charge in [0.1, 0.15) is 0 Å². The molecule has 25 heavy (non-hydrogen) atoms. The first-order valence-electron chi connectivity index (χ1n) is 8.64. The molecular weight excluding hydrogens is 498 g/mol. The van der Waals surface area contributed by atoms with Gasteiger partial charge in [0.05, 0.1) is 0 Å². The molecule has 0 spiro atoms. The Bertz CT molecular complexity index is 622. The zero-order chi connectivity index (χ0) is 18.4. The molecule has 0 fully saturated rings. The molecule has 2 rings (SSSR count). The van der Waals surface area contributed by atoms with Crippen molar-refractivity contribution < 1.29 is 0 Å². The second kappa shape index (κ2) is 10.1. The number of rotatable bonds is 8. The quantitative estimate of drug-likeness (QED) is 0.369. The standard InChI is InChI=1S/2C9H13NS.2ClH.Sn/c2*1-3-7-5-8(4-2)10-9(11)6-7;;;/h2*5-6H,3-4H2,1-2H3,(H,10,11);2*1H;/q;;;;+4/p-4. The summed E-state index contributed by atoms with van der Waals surface area (Å²) in [7, 11) is 16.8. The van der Waals surface area contributed by atoms with E-state index in [9.17, 15) is 0 Å². The van der Waals surface area contributed by atoms with Crippen LogP contribution in [0.4, 0.5) is 0 Å². The van der Waals surface area contributed by atoms with Gasteiger partial charge >= 0.3 is 169 Å². The molecule has 0 unspecified atom stereocenters. The van der Waals surface area contributed by atoms with Crippen molar-refractivity contribution >= 4 is 49.1 Å². The molecule has 0 amide bonds. The minimum absolute atomic E-state index is 0.918. The van der Waals surface area contributed by atoms with Crippen LogP contribution in [-0.4, -0.2) is 23.3 Å². The fraction of sp³-hybridized carbons (Fsp3) is 0.444. The van der Waals surface area contributed by atoms with Gasteiger partial charge < -0.3 is 0 Å². The van der Waals surface area contributed by atoms with Crippen LogP contribution in [0.2, 0.25) is 0 Å². The van der Waals surface area contributed by atoms with E-state index in [1.807, 2.05) is 0 Å². The first-order chi connectivity index (χ1) is 11.9. The van der Waals surface area contributed by atoms with Crippen molar-refractivity contribution in [2.75, 3.05) is 0 Å². The zero-order valence-electron chi connectivity index (χ0n) is 15.1. The van der Waals surface area contributed by atoms with E-state index in [-0.39, 0.29) is 0 Å². The van der Waals surface area contributed by atoms with Crippen LogP contribution < -0.4 is 0 Å². The van der Waals surface area contributed by atoms with Crippen LogP contribution in [0, 0.1) is 0 Å². The van der Waals surface area contributed by atoms with Gasteiger partial charge in [-0.1, -0.05) is 0 Å². The summed E-state index contributed by atoms with van der Waals surface area (Å²) >= 11 is -3.49. The molecule has 2 heterocycles. The molecule has 2 nitrogen and oxygen atoms in total. The number of aromatic nitrogens is 2. The van der Waals surface area contributed by atoms with Crippen molar-refractivity contribution in [1.82, 2.24) is 9.97 Å². The summed E-state index contributed by atoms with van der Waals surface area (Å²) in [5.74, 6) is 0. The number of pyridine rings is 2. The number of hydrogen-bond donors (Lipinski definition) is 0. The molecular formula is C18H24Cl2N2S2Sn. The third-order valence-corrected chi connectivity index (χ3v) is 22.3. The van der Waals surface area contributed by atoms with Crippen molar-refractivity contribution in [3.63, 3.8) is 0 Å². The average molecular weight is 522 g/mol. The SMILES string of the molecule is CCc1cc(CC)nc([S][Sn]([Cl])([Cl])[S]c2cc(CC)cc(CC)n2)c1. The summed E-state index contributed by atoms with van der Waals surface area (Å²) in [5.41, 5.74) is 4.77. The third-order valence-electron chi connectivity index (χ3n) is 3.82. The first kappa shape index (κ1) is 21.7. The van der Waals surface area contributed by atoms with Crippen molar-refractivity contribution in [1.29, 1.82) is 0 Å². The predicted molar refractivity (Wildman–Crippen MR) is 115 cm³/mol. The number of nitrogens with zero attached hydrogens (tertiary/aromatic N) is 2. The Morgan fingerprint density at radius 3 is 1.44 bits per heavy atom. The predicted octanol–water partition coefficient (Wildman–Crippen LogP) is 6.52. The summed E-state index contributed by atoms with van der Waals surface area (Å²) in [6.07, 6.45) is 3.82. The van der Waals surface area contributed by atoms with Crippen LogP contribution in [0.1, 0.15) is 50.2 Å². The fourth-order valence-corrected chi connectivity index (χ4v) is 20.6. The van der Waals surface area contributed by atoms with Gasteiger partial charge in [0, 0.05) is 0 Å². The van der Waals surface area contributed by atoms with Gasteiger partial charge in [-0.25, -0.2) is 0 Å². The number of hydrogen-bond acceptors (Lipinski definition) is 4. The Balaban J connectivity index is 2.22. The van der Waals surface area contributed by atoms with E-state index >= 15 is 0 Å². The Morgan fingerprint density at radius 1 is 0.720 bits per heavy atom. The third kappa shape index (κ3) is 6.80. The van der Waals surface area contributed by atoms with Gasteiger partial charge in [0.2, 0.25) is 0 Å². The summed E-state index contributed by atoms with van der Waals surface area (Å²) in [5, 5.41) is 1.90. The molecule has 0 aliphatic carbocycles. The molecule has 0 atom stereocenters. The Hall–Kier alpha value is 0.379. The molecule has 2 aromatic rings. The molecule has 7 heteroatoms. The number of halogens is 2. The zero-order valence-corrected chi connectivity index (χ0v) is 21.1. The maximum absolute atomic E-state index is 6.81. The Morgan fingerprint density at radius 2 is 1.12 bits per heavy atom. The van der Waals surface area contributed by atoms with Crippen LogP contribution in [0.3, 0.4) is 0 Å². The molecule has 0 aliphatic heterocycles. The van der Waals surface area contributed by atoms with Crippen LogP contribution >= 0.6 is 35.7 Å². The molecule has 2 aromatic heterocycles. The van der Waals surface area contributed by atoms with Gasteiger partial charge in [-0.2, -0.15) is 0 Å². The van der Waals surface area contributed by atoms with E-state index < -0.39 is 13.4 Å². The maximum atomic E-state index is 6.81. The second-order valence-electron chi connectivity index (χ2n) is 5.69. The molecule has 0 N–H and O–H groups in total. The van der Waals surface area contributed by atoms with E-state index in [0.717, 1.165) is 47.1 Å². The van der Waals surface area contributed by atoms with E-state index in [2.05, 4.69) is 52.0 Å². The summed E-state index contributed by atoms with van der Waals surface area (Å²) < 4.78 is 0. The van der Waals surface area contributed by atoms with Gasteiger partial charge in [-0.05, 0) is 0 Å². The molecule has 0 aromatic carbocycles. The summed E-state index contributed by atoms with van der Waals surface area (Å²) in [4.78, 5) is 9.41. The van der Waals surface area contributed by atoms with Crippen molar-refractivity contribution in [3.8, 4) is 0 Å². The van der Waals surface area contributed by atoms with Crippen molar-refractivity contribution in [3.05, 3.63) is 46.8 Å². The summed E-state index contributed by atoms with van der Waals surface area (Å²) in [6, 6.07) is 8.57. The van der Waals surface area contributed by atoms with Crippen LogP contribution in [0.5, 0.6) is 0 Å². The topological polar surface area (TPSA) is 25.8 Å². The average Bonchev–Trinajstić information content (AvgIpc) is 2.59. The molecule has 0 aliphatic rings. The molecule has 0 radical (unpaired) electrons. The normalized spacial score (nSPS) is 11.8. The van der Waals surface area contributed by atoms with Crippen LogP contribution in [-0.2, 0) is 25.7 Å². The second-order valence-corrected chi connectivity index (χ2v) is 37.9. The van der Waals surface area contributed by atoms with Gasteiger partial charge in [0.15, 0.2) is 0 Å². The van der Waals surface area contributed by atoms with Crippen molar-refractivity contribution in [2.45, 2.75) is 63.4 Å². The monoisotopic (exact) mass is 522 g/mol. The molecule has 0 saturated carbocycles. The van der Waals surface area contributed by atoms with E-state index in [0.29, 0.717) is 0 Å².